The van der Waals surface area contributed by atoms with E-state index in [2.05, 4.69) is 15.6 Å². The highest BCUT2D eigenvalue weighted by Crippen LogP contribution is 2.33. The van der Waals surface area contributed by atoms with E-state index in [1.807, 2.05) is 26.0 Å². The van der Waals surface area contributed by atoms with Gasteiger partial charge in [0.1, 0.15) is 0 Å². The third-order valence-corrected chi connectivity index (χ3v) is 2.52. The number of nitrogens with one attached hydrogen (secondary N) is 1. The van der Waals surface area contributed by atoms with Crippen LogP contribution in [0.25, 0.3) is 10.8 Å². The summed E-state index contributed by atoms with van der Waals surface area (Å²) in [6.45, 7) is 3.85. The maximum atomic E-state index is 6.13. The Hall–Kier alpha value is -1.59. The van der Waals surface area contributed by atoms with Gasteiger partial charge in [0, 0.05) is 0 Å². The molecule has 0 saturated heterocycles. The van der Waals surface area contributed by atoms with E-state index in [0.29, 0.717) is 22.1 Å². The summed E-state index contributed by atoms with van der Waals surface area (Å²) >= 11 is 6.13. The lowest BCUT2D eigenvalue weighted by Gasteiger charge is -2.12. The van der Waals surface area contributed by atoms with Crippen molar-refractivity contribution in [2.24, 2.45) is 5.84 Å². The van der Waals surface area contributed by atoms with Gasteiger partial charge >= 0.3 is 0 Å². The summed E-state index contributed by atoms with van der Waals surface area (Å²) in [6, 6.07) is 5.47. The number of nitrogens with two attached hydrogens (primary N) is 1. The molecule has 2 rings (SSSR count). The van der Waals surface area contributed by atoms with E-state index in [1.165, 1.54) is 0 Å². The number of hydrazine groups is 1. The molecule has 0 aliphatic carbocycles. The van der Waals surface area contributed by atoms with Crippen LogP contribution in [0.2, 0.25) is 5.02 Å². The fourth-order valence-electron chi connectivity index (χ4n) is 1.55. The highest BCUT2D eigenvalue weighted by atomic mass is 35.5. The van der Waals surface area contributed by atoms with E-state index < -0.39 is 0 Å². The Bertz CT molecular complexity index is 544. The highest BCUT2D eigenvalue weighted by molar-refractivity contribution is 6.36. The summed E-state index contributed by atoms with van der Waals surface area (Å²) < 4.78 is 5.58. The standard InChI is InChI=1S/C11H13ClN4O/c1-6(2)17-11-7-4-3-5-8(12)9(7)10(14-13)15-16-11/h3-6H,13H2,1-2H3,(H,14,15). The second-order valence-corrected chi connectivity index (χ2v) is 4.23. The normalized spacial score (nSPS) is 10.9. The molecule has 0 unspecified atom stereocenters. The second-order valence-electron chi connectivity index (χ2n) is 3.83. The number of benzene rings is 1. The molecular weight excluding hydrogens is 240 g/mol. The first-order valence-corrected chi connectivity index (χ1v) is 5.59. The van der Waals surface area contributed by atoms with Crippen LogP contribution in [0, 0.1) is 0 Å². The van der Waals surface area contributed by atoms with Gasteiger partial charge in [0.25, 0.3) is 0 Å². The van der Waals surface area contributed by atoms with Crippen molar-refractivity contribution < 1.29 is 4.74 Å². The lowest BCUT2D eigenvalue weighted by Crippen LogP contribution is -2.12. The van der Waals surface area contributed by atoms with E-state index in [1.54, 1.807) is 6.07 Å². The summed E-state index contributed by atoms with van der Waals surface area (Å²) in [5, 5.41) is 9.98. The molecule has 3 N–H and O–H groups in total. The number of ether oxygens (including phenoxy) is 1. The number of nitrogens with zero attached hydrogens (tertiary/aromatic N) is 2. The third-order valence-electron chi connectivity index (χ3n) is 2.21. The molecule has 2 aromatic rings. The predicted molar refractivity (Wildman–Crippen MR) is 68.1 cm³/mol. The average molecular weight is 253 g/mol. The lowest BCUT2D eigenvalue weighted by molar-refractivity contribution is 0.233. The van der Waals surface area contributed by atoms with Gasteiger partial charge in [-0.3, -0.25) is 0 Å². The van der Waals surface area contributed by atoms with Crippen molar-refractivity contribution in [2.75, 3.05) is 5.43 Å². The van der Waals surface area contributed by atoms with Crippen LogP contribution in [0.5, 0.6) is 5.88 Å². The Morgan fingerprint density at radius 3 is 2.76 bits per heavy atom. The van der Waals surface area contributed by atoms with E-state index >= 15 is 0 Å². The summed E-state index contributed by atoms with van der Waals surface area (Å²) in [5.74, 6) is 6.27. The van der Waals surface area contributed by atoms with Crippen LogP contribution in [-0.2, 0) is 0 Å². The van der Waals surface area contributed by atoms with Gasteiger partial charge < -0.3 is 10.2 Å². The third kappa shape index (κ3) is 2.25. The minimum atomic E-state index is 0.0168. The summed E-state index contributed by atoms with van der Waals surface area (Å²) in [7, 11) is 0. The molecule has 0 atom stereocenters. The Morgan fingerprint density at radius 2 is 2.12 bits per heavy atom. The van der Waals surface area contributed by atoms with Crippen molar-refractivity contribution in [2.45, 2.75) is 20.0 Å². The molecule has 0 saturated carbocycles. The Kier molecular flexibility index (Phi) is 3.31. The van der Waals surface area contributed by atoms with Crippen molar-refractivity contribution in [3.8, 4) is 5.88 Å². The minimum absolute atomic E-state index is 0.0168. The first kappa shape index (κ1) is 11.9. The summed E-state index contributed by atoms with van der Waals surface area (Å²) in [6.07, 6.45) is 0.0168. The number of hydrogen-bond acceptors (Lipinski definition) is 5. The molecule has 1 heterocycles. The van der Waals surface area contributed by atoms with Gasteiger partial charge in [-0.15, -0.1) is 10.2 Å². The molecule has 0 fully saturated rings. The van der Waals surface area contributed by atoms with Gasteiger partial charge in [-0.1, -0.05) is 17.7 Å². The van der Waals surface area contributed by atoms with Gasteiger partial charge in [0.2, 0.25) is 5.88 Å². The van der Waals surface area contributed by atoms with Crippen molar-refractivity contribution in [1.29, 1.82) is 0 Å². The van der Waals surface area contributed by atoms with Gasteiger partial charge in [0.05, 0.1) is 21.9 Å². The number of nitrogen functional groups attached to an aromatic ring is 1. The molecule has 6 heteroatoms. The number of fused-ring (bicyclic) bond motifs is 1. The van der Waals surface area contributed by atoms with E-state index in [0.717, 1.165) is 5.39 Å². The van der Waals surface area contributed by atoms with Crippen LogP contribution in [0.1, 0.15) is 13.8 Å². The topological polar surface area (TPSA) is 73.1 Å². The smallest absolute Gasteiger partial charge is 0.241 e. The molecule has 0 spiro atoms. The zero-order chi connectivity index (χ0) is 12.4. The maximum absolute atomic E-state index is 6.13. The number of aromatic nitrogens is 2. The van der Waals surface area contributed by atoms with Crippen LogP contribution in [-0.4, -0.2) is 16.3 Å². The van der Waals surface area contributed by atoms with Gasteiger partial charge in [-0.05, 0) is 26.0 Å². The largest absolute Gasteiger partial charge is 0.473 e. The molecule has 1 aromatic heterocycles. The molecule has 5 nitrogen and oxygen atoms in total. The Labute approximate surface area is 104 Å². The van der Waals surface area contributed by atoms with E-state index in [-0.39, 0.29) is 6.10 Å². The molecule has 90 valence electrons. The van der Waals surface area contributed by atoms with Crippen molar-refractivity contribution >= 4 is 28.2 Å². The van der Waals surface area contributed by atoms with E-state index in [4.69, 9.17) is 22.2 Å². The van der Waals surface area contributed by atoms with Gasteiger partial charge in [0.15, 0.2) is 5.82 Å². The Balaban J connectivity index is 2.69. The fraction of sp³-hybridized carbons (Fsp3) is 0.273. The lowest BCUT2D eigenvalue weighted by atomic mass is 10.2. The monoisotopic (exact) mass is 252 g/mol. The fourth-order valence-corrected chi connectivity index (χ4v) is 1.82. The van der Waals surface area contributed by atoms with Crippen LogP contribution in [0.3, 0.4) is 0 Å². The molecule has 0 radical (unpaired) electrons. The average Bonchev–Trinajstić information content (AvgIpc) is 2.29. The SMILES string of the molecule is CC(C)Oc1nnc(NN)c2c(Cl)cccc12. The second kappa shape index (κ2) is 4.73. The zero-order valence-corrected chi connectivity index (χ0v) is 10.3. The van der Waals surface area contributed by atoms with Crippen LogP contribution >= 0.6 is 11.6 Å². The number of hydrogen-bond donors (Lipinski definition) is 2. The number of rotatable bonds is 3. The van der Waals surface area contributed by atoms with E-state index in [9.17, 15) is 0 Å². The molecule has 0 aliphatic rings. The molecule has 1 aromatic carbocycles. The van der Waals surface area contributed by atoms with Gasteiger partial charge in [-0.2, -0.15) is 0 Å². The number of halogens is 1. The van der Waals surface area contributed by atoms with Crippen molar-refractivity contribution in [3.05, 3.63) is 23.2 Å². The first-order valence-electron chi connectivity index (χ1n) is 5.21. The minimum Gasteiger partial charge on any atom is -0.473 e. The quantitative estimate of drug-likeness (QED) is 0.648. The predicted octanol–water partition coefficient (Wildman–Crippen LogP) is 2.36. The van der Waals surface area contributed by atoms with Crippen LogP contribution in [0.4, 0.5) is 5.82 Å². The Morgan fingerprint density at radius 1 is 1.35 bits per heavy atom. The maximum Gasteiger partial charge on any atom is 0.241 e. The summed E-state index contributed by atoms with van der Waals surface area (Å²) in [4.78, 5) is 0. The highest BCUT2D eigenvalue weighted by Gasteiger charge is 2.13. The molecule has 0 amide bonds. The first-order chi connectivity index (χ1) is 8.13. The zero-order valence-electron chi connectivity index (χ0n) is 9.57. The number of anilines is 1. The molecule has 0 aliphatic heterocycles. The molecular formula is C11H13ClN4O. The van der Waals surface area contributed by atoms with Crippen LogP contribution in [0.15, 0.2) is 18.2 Å². The van der Waals surface area contributed by atoms with Crippen molar-refractivity contribution in [3.63, 3.8) is 0 Å². The molecule has 0 bridgehead atoms. The molecule has 17 heavy (non-hydrogen) atoms. The van der Waals surface area contributed by atoms with Crippen molar-refractivity contribution in [1.82, 2.24) is 10.2 Å². The van der Waals surface area contributed by atoms with Gasteiger partial charge in [-0.25, -0.2) is 5.84 Å². The van der Waals surface area contributed by atoms with Crippen LogP contribution < -0.4 is 16.0 Å². The summed E-state index contributed by atoms with van der Waals surface area (Å²) in [5.41, 5.74) is 2.48.